The van der Waals surface area contributed by atoms with E-state index in [0.717, 1.165) is 42.0 Å². The monoisotopic (exact) mass is 344 g/mol. The fraction of sp³-hybridized carbons (Fsp3) is 0.143. The minimum atomic E-state index is 0.265. The fourth-order valence-corrected chi connectivity index (χ4v) is 3.12. The van der Waals surface area contributed by atoms with E-state index in [4.69, 9.17) is 0 Å². The average Bonchev–Trinajstić information content (AvgIpc) is 3.33. The van der Waals surface area contributed by atoms with E-state index < -0.39 is 0 Å². The Morgan fingerprint density at radius 3 is 2.38 bits per heavy atom. The highest BCUT2D eigenvalue weighted by atomic mass is 16.3. The van der Waals surface area contributed by atoms with E-state index >= 15 is 0 Å². The number of phenolic OH excluding ortho intramolecular Hbond substituents is 1. The average molecular weight is 344 g/mol. The zero-order valence-corrected chi connectivity index (χ0v) is 14.4. The van der Waals surface area contributed by atoms with Gasteiger partial charge in [0.05, 0.1) is 24.0 Å². The summed E-state index contributed by atoms with van der Waals surface area (Å²) < 4.78 is 4.26. The number of rotatable bonds is 6. The van der Waals surface area contributed by atoms with Crippen molar-refractivity contribution >= 4 is 0 Å². The number of imidazole rings is 2. The van der Waals surface area contributed by atoms with Gasteiger partial charge in [0.2, 0.25) is 0 Å². The highest BCUT2D eigenvalue weighted by molar-refractivity contribution is 5.78. The maximum Gasteiger partial charge on any atom is 0.115 e. The number of aromatic nitrogens is 4. The summed E-state index contributed by atoms with van der Waals surface area (Å²) in [6.45, 7) is 1.77. The van der Waals surface area contributed by atoms with Gasteiger partial charge in [-0.3, -0.25) is 0 Å². The van der Waals surface area contributed by atoms with E-state index in [-0.39, 0.29) is 5.75 Å². The SMILES string of the molecule is Oc1ccc(-c2c(-c3ccccc3)ncn2CCCn2ccnc2)cc1. The van der Waals surface area contributed by atoms with Gasteiger partial charge < -0.3 is 14.2 Å². The van der Waals surface area contributed by atoms with E-state index in [1.807, 2.05) is 49.2 Å². The van der Waals surface area contributed by atoms with Gasteiger partial charge in [-0.05, 0) is 30.7 Å². The predicted octanol–water partition coefficient (Wildman–Crippen LogP) is 4.21. The molecule has 4 rings (SSSR count). The molecule has 2 aromatic carbocycles. The molecular weight excluding hydrogens is 324 g/mol. The first kappa shape index (κ1) is 16.1. The molecule has 0 unspecified atom stereocenters. The second-order valence-electron chi connectivity index (χ2n) is 6.20. The molecule has 1 N–H and O–H groups in total. The van der Waals surface area contributed by atoms with E-state index in [9.17, 15) is 5.11 Å². The van der Waals surface area contributed by atoms with Crippen LogP contribution >= 0.6 is 0 Å². The Bertz CT molecular complexity index is 957. The first-order valence-corrected chi connectivity index (χ1v) is 8.67. The summed E-state index contributed by atoms with van der Waals surface area (Å²) in [7, 11) is 0. The second-order valence-corrected chi connectivity index (χ2v) is 6.20. The largest absolute Gasteiger partial charge is 0.508 e. The molecule has 4 aromatic rings. The van der Waals surface area contributed by atoms with Crippen molar-refractivity contribution in [3.05, 3.63) is 79.6 Å². The lowest BCUT2D eigenvalue weighted by Gasteiger charge is -2.11. The normalized spacial score (nSPS) is 10.9. The molecule has 26 heavy (non-hydrogen) atoms. The minimum absolute atomic E-state index is 0.265. The summed E-state index contributed by atoms with van der Waals surface area (Å²) >= 11 is 0. The third-order valence-corrected chi connectivity index (χ3v) is 4.40. The Morgan fingerprint density at radius 2 is 1.65 bits per heavy atom. The summed E-state index contributed by atoms with van der Waals surface area (Å²) in [6, 6.07) is 17.5. The number of phenols is 1. The van der Waals surface area contributed by atoms with Gasteiger partial charge in [-0.25, -0.2) is 9.97 Å². The molecule has 0 fully saturated rings. The van der Waals surface area contributed by atoms with Gasteiger partial charge in [-0.15, -0.1) is 0 Å². The number of aryl methyl sites for hydroxylation is 2. The van der Waals surface area contributed by atoms with Crippen LogP contribution in [0, 0.1) is 0 Å². The van der Waals surface area contributed by atoms with Gasteiger partial charge in [0.1, 0.15) is 5.75 Å². The van der Waals surface area contributed by atoms with Gasteiger partial charge in [-0.1, -0.05) is 30.3 Å². The predicted molar refractivity (Wildman–Crippen MR) is 102 cm³/mol. The summed E-state index contributed by atoms with van der Waals surface area (Å²) in [4.78, 5) is 8.77. The smallest absolute Gasteiger partial charge is 0.115 e. The van der Waals surface area contributed by atoms with Gasteiger partial charge in [0.15, 0.2) is 0 Å². The van der Waals surface area contributed by atoms with Gasteiger partial charge in [0, 0.05) is 36.6 Å². The molecule has 2 heterocycles. The summed E-state index contributed by atoms with van der Waals surface area (Å²) in [6.07, 6.45) is 8.49. The van der Waals surface area contributed by atoms with Gasteiger partial charge in [-0.2, -0.15) is 0 Å². The molecule has 0 radical (unpaired) electrons. The van der Waals surface area contributed by atoms with Crippen LogP contribution in [0.3, 0.4) is 0 Å². The molecule has 0 amide bonds. The van der Waals surface area contributed by atoms with E-state index in [0.29, 0.717) is 0 Å². The van der Waals surface area contributed by atoms with Crippen LogP contribution in [-0.4, -0.2) is 24.2 Å². The maximum absolute atomic E-state index is 9.63. The van der Waals surface area contributed by atoms with Crippen LogP contribution in [0.25, 0.3) is 22.5 Å². The molecule has 0 bridgehead atoms. The van der Waals surface area contributed by atoms with Gasteiger partial charge >= 0.3 is 0 Å². The molecule has 5 nitrogen and oxygen atoms in total. The van der Waals surface area contributed by atoms with Crippen LogP contribution in [-0.2, 0) is 13.1 Å². The highest BCUT2D eigenvalue weighted by Gasteiger charge is 2.14. The van der Waals surface area contributed by atoms with Crippen molar-refractivity contribution in [1.82, 2.24) is 19.1 Å². The second kappa shape index (κ2) is 7.27. The van der Waals surface area contributed by atoms with Crippen molar-refractivity contribution in [3.8, 4) is 28.3 Å². The summed E-state index contributed by atoms with van der Waals surface area (Å²) in [5.74, 6) is 0.265. The van der Waals surface area contributed by atoms with E-state index in [1.165, 1.54) is 0 Å². The first-order valence-electron chi connectivity index (χ1n) is 8.67. The fourth-order valence-electron chi connectivity index (χ4n) is 3.12. The van der Waals surface area contributed by atoms with Crippen molar-refractivity contribution in [1.29, 1.82) is 0 Å². The lowest BCUT2D eigenvalue weighted by Crippen LogP contribution is -2.03. The van der Waals surface area contributed by atoms with Crippen LogP contribution in [0.4, 0.5) is 0 Å². The molecule has 0 atom stereocenters. The molecule has 0 saturated heterocycles. The van der Waals surface area contributed by atoms with Crippen LogP contribution in [0.1, 0.15) is 6.42 Å². The van der Waals surface area contributed by atoms with Gasteiger partial charge in [0.25, 0.3) is 0 Å². The zero-order valence-electron chi connectivity index (χ0n) is 14.4. The van der Waals surface area contributed by atoms with E-state index in [1.54, 1.807) is 18.3 Å². The standard InChI is InChI=1S/C21H20N4O/c26-19-9-7-18(8-10-19)21-20(17-5-2-1-3-6-17)23-16-25(21)13-4-12-24-14-11-22-15-24/h1-3,5-11,14-16,26H,4,12-13H2. The minimum Gasteiger partial charge on any atom is -0.508 e. The van der Waals surface area contributed by atoms with Crippen LogP contribution < -0.4 is 0 Å². The number of hydrogen-bond acceptors (Lipinski definition) is 3. The van der Waals surface area contributed by atoms with Crippen molar-refractivity contribution in [2.24, 2.45) is 0 Å². The lowest BCUT2D eigenvalue weighted by molar-refractivity contribution is 0.475. The molecular formula is C21H20N4O. The van der Waals surface area contributed by atoms with Crippen molar-refractivity contribution in [3.63, 3.8) is 0 Å². The Hall–Kier alpha value is -3.34. The lowest BCUT2D eigenvalue weighted by atomic mass is 10.0. The topological polar surface area (TPSA) is 55.9 Å². The molecule has 0 aliphatic rings. The molecule has 130 valence electrons. The molecule has 0 spiro atoms. The quantitative estimate of drug-likeness (QED) is 0.570. The first-order chi connectivity index (χ1) is 12.8. The highest BCUT2D eigenvalue weighted by Crippen LogP contribution is 2.32. The molecule has 0 saturated carbocycles. The Morgan fingerprint density at radius 1 is 0.846 bits per heavy atom. The summed E-state index contributed by atoms with van der Waals surface area (Å²) in [5.41, 5.74) is 4.16. The zero-order chi connectivity index (χ0) is 17.8. The number of benzene rings is 2. The maximum atomic E-state index is 9.63. The molecule has 2 aromatic heterocycles. The van der Waals surface area contributed by atoms with Crippen molar-refractivity contribution in [2.45, 2.75) is 19.5 Å². The van der Waals surface area contributed by atoms with Crippen LogP contribution in [0.5, 0.6) is 5.75 Å². The third-order valence-electron chi connectivity index (χ3n) is 4.40. The molecule has 5 heteroatoms. The number of aromatic hydroxyl groups is 1. The van der Waals surface area contributed by atoms with Crippen molar-refractivity contribution in [2.75, 3.05) is 0 Å². The number of hydrogen-bond donors (Lipinski definition) is 1. The van der Waals surface area contributed by atoms with Crippen LogP contribution in [0.15, 0.2) is 79.6 Å². The third kappa shape index (κ3) is 3.37. The Kier molecular flexibility index (Phi) is 4.51. The Balaban J connectivity index is 1.67. The summed E-state index contributed by atoms with van der Waals surface area (Å²) in [5, 5.41) is 9.63. The number of nitrogens with zero attached hydrogens (tertiary/aromatic N) is 4. The molecule has 0 aliphatic heterocycles. The molecule has 0 aliphatic carbocycles. The van der Waals surface area contributed by atoms with Crippen molar-refractivity contribution < 1.29 is 5.11 Å². The Labute approximate surface area is 152 Å². The van der Waals surface area contributed by atoms with Crippen LogP contribution in [0.2, 0.25) is 0 Å². The van der Waals surface area contributed by atoms with E-state index in [2.05, 4.69) is 31.2 Å².